The van der Waals surface area contributed by atoms with Crippen LogP contribution in [-0.4, -0.2) is 23.5 Å². The Hall–Kier alpha value is -0.790. The highest BCUT2D eigenvalue weighted by molar-refractivity contribution is 5.72. The van der Waals surface area contributed by atoms with E-state index in [1.807, 2.05) is 17.6 Å². The summed E-state index contributed by atoms with van der Waals surface area (Å²) in [6.07, 6.45) is 1.85. The van der Waals surface area contributed by atoms with Gasteiger partial charge in [-0.2, -0.15) is 0 Å². The fourth-order valence-corrected chi connectivity index (χ4v) is 0.678. The molecule has 9 heavy (non-hydrogen) atoms. The van der Waals surface area contributed by atoms with E-state index in [-0.39, 0.29) is 0 Å². The fourth-order valence-electron chi connectivity index (χ4n) is 0.678. The minimum absolute atomic E-state index is 0.846. The molecule has 0 amide bonds. The first-order valence-electron chi connectivity index (χ1n) is 3.17. The molecule has 0 saturated carbocycles. The van der Waals surface area contributed by atoms with E-state index in [2.05, 4.69) is 13.5 Å². The maximum Gasteiger partial charge on any atom is 0.239 e. The van der Waals surface area contributed by atoms with Crippen LogP contribution in [0.5, 0.6) is 0 Å². The molecule has 0 aliphatic heterocycles. The third-order valence-corrected chi connectivity index (χ3v) is 1.23. The minimum atomic E-state index is 0.846. The largest absolute Gasteiger partial charge is 0.291 e. The predicted octanol–water partition coefficient (Wildman–Crippen LogP) is 0.582. The summed E-state index contributed by atoms with van der Waals surface area (Å²) in [6, 6.07) is 0. The van der Waals surface area contributed by atoms with Crippen molar-refractivity contribution >= 4 is 5.84 Å². The summed E-state index contributed by atoms with van der Waals surface area (Å²) >= 11 is 0. The molecule has 0 heterocycles. The van der Waals surface area contributed by atoms with Crippen LogP contribution >= 0.6 is 0 Å². The van der Waals surface area contributed by atoms with Gasteiger partial charge in [0.1, 0.15) is 6.54 Å². The van der Waals surface area contributed by atoms with Crippen LogP contribution in [-0.2, 0) is 0 Å². The maximum absolute atomic E-state index is 5.53. The van der Waals surface area contributed by atoms with Crippen molar-refractivity contribution in [1.82, 2.24) is 0 Å². The molecule has 0 atom stereocenters. The van der Waals surface area contributed by atoms with E-state index in [9.17, 15) is 0 Å². The summed E-state index contributed by atoms with van der Waals surface area (Å²) in [6.45, 7) is 9.38. The monoisotopic (exact) mass is 127 g/mol. The lowest BCUT2D eigenvalue weighted by atomic mass is 10.5. The Labute approximate surface area is 56.7 Å². The van der Waals surface area contributed by atoms with Crippen LogP contribution in [0.25, 0.3) is 0 Å². The van der Waals surface area contributed by atoms with Gasteiger partial charge in [0.05, 0.1) is 6.54 Å². The Morgan fingerprint density at radius 1 is 1.78 bits per heavy atom. The molecule has 2 nitrogen and oxygen atoms in total. The first kappa shape index (κ1) is 8.21. The molecule has 0 spiro atoms. The Morgan fingerprint density at radius 2 is 2.33 bits per heavy atom. The van der Waals surface area contributed by atoms with Gasteiger partial charge in [-0.1, -0.05) is 12.7 Å². The minimum Gasteiger partial charge on any atom is -0.291 e. The third-order valence-electron chi connectivity index (χ3n) is 1.23. The zero-order valence-corrected chi connectivity index (χ0v) is 6.22. The van der Waals surface area contributed by atoms with Crippen LogP contribution < -0.4 is 5.73 Å². The second-order valence-corrected chi connectivity index (χ2v) is 1.97. The van der Waals surface area contributed by atoms with E-state index >= 15 is 0 Å². The van der Waals surface area contributed by atoms with Crippen LogP contribution in [0, 0.1) is 0 Å². The predicted molar refractivity (Wildman–Crippen MR) is 40.7 cm³/mol. The molecule has 0 aliphatic rings. The molecule has 0 fully saturated rings. The molecule has 0 aromatic rings. The summed E-state index contributed by atoms with van der Waals surface area (Å²) in [4.78, 5) is 0. The van der Waals surface area contributed by atoms with Crippen molar-refractivity contribution in [3.8, 4) is 0 Å². The van der Waals surface area contributed by atoms with Crippen molar-refractivity contribution in [2.75, 3.05) is 13.1 Å². The van der Waals surface area contributed by atoms with Gasteiger partial charge < -0.3 is 0 Å². The standard InChI is InChI=1S/C7H14N2/c1-4-6-9(5-2)7(3)8/h4,8H,1,5-6H2,2-3H3/p+1. The van der Waals surface area contributed by atoms with Crippen LogP contribution in [0.4, 0.5) is 0 Å². The quantitative estimate of drug-likeness (QED) is 0.255. The van der Waals surface area contributed by atoms with Gasteiger partial charge in [0, 0.05) is 6.92 Å². The van der Waals surface area contributed by atoms with Gasteiger partial charge >= 0.3 is 0 Å². The Bertz CT molecular complexity index is 121. The molecule has 0 unspecified atom stereocenters. The average molecular weight is 127 g/mol. The topological polar surface area (TPSA) is 29.0 Å². The van der Waals surface area contributed by atoms with Gasteiger partial charge in [-0.3, -0.25) is 10.3 Å². The van der Waals surface area contributed by atoms with Crippen molar-refractivity contribution < 1.29 is 4.58 Å². The number of rotatable bonds is 3. The summed E-state index contributed by atoms with van der Waals surface area (Å²) in [7, 11) is 0. The smallest absolute Gasteiger partial charge is 0.239 e. The van der Waals surface area contributed by atoms with Crippen molar-refractivity contribution in [3.05, 3.63) is 12.7 Å². The molecular formula is C7H15N2+. The Balaban J connectivity index is 3.97. The first-order chi connectivity index (χ1) is 4.22. The van der Waals surface area contributed by atoms with Crippen LogP contribution in [0.15, 0.2) is 12.7 Å². The van der Waals surface area contributed by atoms with E-state index in [1.165, 1.54) is 0 Å². The SMILES string of the molecule is C=CC[N+](CC)=C(C)N. The Morgan fingerprint density at radius 3 is 2.44 bits per heavy atom. The molecule has 2 N–H and O–H groups in total. The lowest BCUT2D eigenvalue weighted by Gasteiger charge is -2.00. The molecule has 0 bridgehead atoms. The van der Waals surface area contributed by atoms with Crippen molar-refractivity contribution in [2.45, 2.75) is 13.8 Å². The highest BCUT2D eigenvalue weighted by Gasteiger charge is 1.95. The number of nitrogens with zero attached hydrogens (tertiary/aromatic N) is 1. The number of nitrogens with two attached hydrogens (primary N) is 1. The molecule has 0 saturated heterocycles. The zero-order chi connectivity index (χ0) is 7.28. The van der Waals surface area contributed by atoms with Gasteiger partial charge in [0.25, 0.3) is 0 Å². The van der Waals surface area contributed by atoms with Crippen molar-refractivity contribution in [3.63, 3.8) is 0 Å². The summed E-state index contributed by atoms with van der Waals surface area (Å²) in [5.41, 5.74) is 5.53. The molecule has 0 radical (unpaired) electrons. The van der Waals surface area contributed by atoms with E-state index < -0.39 is 0 Å². The normalized spacial score (nSPS) is 12.7. The number of hydrogen-bond donors (Lipinski definition) is 1. The van der Waals surface area contributed by atoms with Gasteiger partial charge in [-0.15, -0.1) is 0 Å². The van der Waals surface area contributed by atoms with E-state index in [0.717, 1.165) is 18.9 Å². The second-order valence-electron chi connectivity index (χ2n) is 1.97. The second kappa shape index (κ2) is 4.13. The van der Waals surface area contributed by atoms with Gasteiger partial charge in [-0.05, 0) is 6.92 Å². The van der Waals surface area contributed by atoms with Crippen LogP contribution in [0.3, 0.4) is 0 Å². The van der Waals surface area contributed by atoms with E-state index in [1.54, 1.807) is 0 Å². The van der Waals surface area contributed by atoms with Crippen molar-refractivity contribution in [1.29, 1.82) is 0 Å². The molecule has 0 aromatic heterocycles. The molecule has 52 valence electrons. The molecule has 0 aliphatic carbocycles. The number of amidine groups is 1. The van der Waals surface area contributed by atoms with Gasteiger partial charge in [0.2, 0.25) is 5.84 Å². The van der Waals surface area contributed by atoms with Gasteiger partial charge in [-0.25, -0.2) is 0 Å². The van der Waals surface area contributed by atoms with Crippen molar-refractivity contribution in [2.24, 2.45) is 5.73 Å². The van der Waals surface area contributed by atoms with Gasteiger partial charge in [0.15, 0.2) is 0 Å². The number of hydrogen-bond acceptors (Lipinski definition) is 0. The molecule has 0 rings (SSSR count). The summed E-state index contributed by atoms with van der Waals surface area (Å²) < 4.78 is 2.05. The average Bonchev–Trinajstić information content (AvgIpc) is 1.82. The van der Waals surface area contributed by atoms with E-state index in [4.69, 9.17) is 5.73 Å². The molecule has 2 heteroatoms. The lowest BCUT2D eigenvalue weighted by Crippen LogP contribution is -2.25. The lowest BCUT2D eigenvalue weighted by molar-refractivity contribution is -0.515. The Kier molecular flexibility index (Phi) is 3.76. The summed E-state index contributed by atoms with van der Waals surface area (Å²) in [5.74, 6) is 0.859. The molecular weight excluding hydrogens is 112 g/mol. The first-order valence-corrected chi connectivity index (χ1v) is 3.17. The van der Waals surface area contributed by atoms with E-state index in [0.29, 0.717) is 0 Å². The maximum atomic E-state index is 5.53. The third kappa shape index (κ3) is 2.90. The van der Waals surface area contributed by atoms with Crippen LogP contribution in [0.1, 0.15) is 13.8 Å². The summed E-state index contributed by atoms with van der Waals surface area (Å²) in [5, 5.41) is 0. The van der Waals surface area contributed by atoms with Crippen LogP contribution in [0.2, 0.25) is 0 Å². The highest BCUT2D eigenvalue weighted by Crippen LogP contribution is 1.75. The molecule has 0 aromatic carbocycles. The number of likely N-dealkylation sites (N-methyl/N-ethyl adjacent to an activating group) is 1. The highest BCUT2D eigenvalue weighted by atomic mass is 15.0. The fraction of sp³-hybridized carbons (Fsp3) is 0.571. The zero-order valence-electron chi connectivity index (χ0n) is 6.22.